The molecule has 5 nitrogen and oxygen atoms in total. The van der Waals surface area contributed by atoms with Gasteiger partial charge in [-0.2, -0.15) is 4.98 Å². The van der Waals surface area contributed by atoms with Gasteiger partial charge in [-0.25, -0.2) is 9.37 Å². The molecule has 0 saturated heterocycles. The van der Waals surface area contributed by atoms with E-state index in [0.717, 1.165) is 16.8 Å². The van der Waals surface area contributed by atoms with Crippen molar-refractivity contribution in [2.75, 3.05) is 10.6 Å². The van der Waals surface area contributed by atoms with Crippen molar-refractivity contribution in [2.24, 2.45) is 0 Å². The number of phenolic OH excluding ortho intramolecular Hbond substituents is 1. The van der Waals surface area contributed by atoms with Crippen molar-refractivity contribution in [3.05, 3.63) is 77.6 Å². The van der Waals surface area contributed by atoms with Gasteiger partial charge in [-0.15, -0.1) is 0 Å². The number of aryl methyl sites for hydroxylation is 2. The molecule has 0 spiro atoms. The molecule has 3 N–H and O–H groups in total. The van der Waals surface area contributed by atoms with Crippen molar-refractivity contribution in [1.29, 1.82) is 0 Å². The van der Waals surface area contributed by atoms with E-state index in [-0.39, 0.29) is 11.6 Å². The van der Waals surface area contributed by atoms with Gasteiger partial charge >= 0.3 is 0 Å². The number of para-hydroxylation sites is 2. The van der Waals surface area contributed by atoms with Crippen LogP contribution in [0.2, 0.25) is 0 Å². The Balaban J connectivity index is 1.81. The van der Waals surface area contributed by atoms with Crippen LogP contribution >= 0.6 is 0 Å². The molecule has 0 atom stereocenters. The van der Waals surface area contributed by atoms with Crippen molar-refractivity contribution < 1.29 is 9.50 Å². The summed E-state index contributed by atoms with van der Waals surface area (Å²) in [5.41, 5.74) is 3.83. The van der Waals surface area contributed by atoms with Crippen molar-refractivity contribution >= 4 is 34.0 Å². The average molecular weight is 374 g/mol. The molecule has 0 bridgehead atoms. The van der Waals surface area contributed by atoms with E-state index in [1.807, 2.05) is 37.3 Å². The smallest absolute Gasteiger partial charge is 0.229 e. The Kier molecular flexibility index (Phi) is 4.53. The van der Waals surface area contributed by atoms with E-state index in [2.05, 4.69) is 20.6 Å². The molecule has 0 aliphatic heterocycles. The second-order valence-corrected chi connectivity index (χ2v) is 6.59. The van der Waals surface area contributed by atoms with Crippen LogP contribution in [0.25, 0.3) is 10.9 Å². The zero-order valence-corrected chi connectivity index (χ0v) is 15.5. The molecule has 0 aliphatic carbocycles. The molecule has 6 heteroatoms. The zero-order chi connectivity index (χ0) is 19.7. The van der Waals surface area contributed by atoms with Crippen LogP contribution in [0.3, 0.4) is 0 Å². The first-order valence-corrected chi connectivity index (χ1v) is 8.87. The maximum atomic E-state index is 13.4. The van der Waals surface area contributed by atoms with Crippen molar-refractivity contribution in [3.8, 4) is 5.75 Å². The molecule has 28 heavy (non-hydrogen) atoms. The van der Waals surface area contributed by atoms with Gasteiger partial charge in [0.1, 0.15) is 22.9 Å². The fraction of sp³-hybridized carbons (Fsp3) is 0.0909. The summed E-state index contributed by atoms with van der Waals surface area (Å²) in [5.74, 6) is 0.630. The lowest BCUT2D eigenvalue weighted by Crippen LogP contribution is -2.04. The maximum absolute atomic E-state index is 13.4. The summed E-state index contributed by atoms with van der Waals surface area (Å²) in [7, 11) is 0. The second kappa shape index (κ2) is 7.15. The van der Waals surface area contributed by atoms with E-state index in [1.165, 1.54) is 12.1 Å². The van der Waals surface area contributed by atoms with E-state index in [0.29, 0.717) is 28.4 Å². The van der Waals surface area contributed by atoms with E-state index < -0.39 is 0 Å². The Bertz CT molecular complexity index is 1180. The number of aromatic nitrogens is 2. The Labute approximate surface area is 161 Å². The molecule has 0 unspecified atom stereocenters. The van der Waals surface area contributed by atoms with Crippen LogP contribution < -0.4 is 10.6 Å². The summed E-state index contributed by atoms with van der Waals surface area (Å²) in [6, 6.07) is 17.5. The van der Waals surface area contributed by atoms with Gasteiger partial charge in [0.05, 0.1) is 0 Å². The van der Waals surface area contributed by atoms with Gasteiger partial charge < -0.3 is 15.7 Å². The number of fused-ring (bicyclic) bond motifs is 1. The normalized spacial score (nSPS) is 10.8. The lowest BCUT2D eigenvalue weighted by molar-refractivity contribution is 0.480. The van der Waals surface area contributed by atoms with Crippen LogP contribution in [0.4, 0.5) is 27.5 Å². The van der Waals surface area contributed by atoms with Crippen molar-refractivity contribution in [2.45, 2.75) is 13.8 Å². The summed E-state index contributed by atoms with van der Waals surface area (Å²) in [5, 5.41) is 17.5. The number of anilines is 4. The van der Waals surface area contributed by atoms with Gasteiger partial charge in [0, 0.05) is 16.8 Å². The lowest BCUT2D eigenvalue weighted by Gasteiger charge is -2.14. The van der Waals surface area contributed by atoms with Crippen LogP contribution in [0.1, 0.15) is 11.1 Å². The molecule has 1 heterocycles. The standard InChI is InChI=1S/C22H19FN4O/c1-13-6-3-4-8-17(13)24-21-16-7-5-9-19(28)20(16)26-22(27-21)25-18-11-10-15(23)12-14(18)2/h3-12,28H,1-2H3,(H2,24,25,26,27). The summed E-state index contributed by atoms with van der Waals surface area (Å²) < 4.78 is 13.4. The average Bonchev–Trinajstić information content (AvgIpc) is 2.67. The molecule has 140 valence electrons. The molecule has 0 saturated carbocycles. The molecule has 1 aromatic heterocycles. The largest absolute Gasteiger partial charge is 0.506 e. The predicted molar refractivity (Wildman–Crippen MR) is 110 cm³/mol. The van der Waals surface area contributed by atoms with Gasteiger partial charge in [-0.1, -0.05) is 24.3 Å². The molecular formula is C22H19FN4O. The third kappa shape index (κ3) is 3.44. The minimum Gasteiger partial charge on any atom is -0.506 e. The zero-order valence-electron chi connectivity index (χ0n) is 15.5. The molecular weight excluding hydrogens is 355 g/mol. The number of hydrogen-bond donors (Lipinski definition) is 3. The Morgan fingerprint density at radius 3 is 2.39 bits per heavy atom. The molecule has 3 aromatic carbocycles. The number of aromatic hydroxyl groups is 1. The van der Waals surface area contributed by atoms with Crippen molar-refractivity contribution in [1.82, 2.24) is 9.97 Å². The predicted octanol–water partition coefficient (Wildman–Crippen LogP) is 5.58. The van der Waals surface area contributed by atoms with Crippen LogP contribution in [-0.2, 0) is 0 Å². The van der Waals surface area contributed by atoms with Gasteiger partial charge in [-0.3, -0.25) is 0 Å². The minimum atomic E-state index is -0.304. The van der Waals surface area contributed by atoms with E-state index >= 15 is 0 Å². The summed E-state index contributed by atoms with van der Waals surface area (Å²) >= 11 is 0. The van der Waals surface area contributed by atoms with E-state index in [1.54, 1.807) is 25.1 Å². The summed E-state index contributed by atoms with van der Waals surface area (Å²) in [4.78, 5) is 9.05. The quantitative estimate of drug-likeness (QED) is 0.435. The van der Waals surface area contributed by atoms with Crippen LogP contribution in [0, 0.1) is 19.7 Å². The number of halogens is 1. The first kappa shape index (κ1) is 17.7. The fourth-order valence-electron chi connectivity index (χ4n) is 3.02. The monoisotopic (exact) mass is 374 g/mol. The van der Waals surface area contributed by atoms with Gasteiger partial charge in [0.2, 0.25) is 5.95 Å². The number of benzene rings is 3. The SMILES string of the molecule is Cc1cc(F)ccc1Nc1nc(Nc2ccccc2C)c2cccc(O)c2n1. The van der Waals surface area contributed by atoms with Gasteiger partial charge in [0.25, 0.3) is 0 Å². The van der Waals surface area contributed by atoms with Gasteiger partial charge in [0.15, 0.2) is 0 Å². The van der Waals surface area contributed by atoms with Crippen LogP contribution in [0.15, 0.2) is 60.7 Å². The Morgan fingerprint density at radius 2 is 1.61 bits per heavy atom. The number of nitrogens with one attached hydrogen (secondary N) is 2. The van der Waals surface area contributed by atoms with E-state index in [9.17, 15) is 9.50 Å². The summed E-state index contributed by atoms with van der Waals surface area (Å²) in [6.45, 7) is 3.81. The molecule has 0 amide bonds. The Hall–Kier alpha value is -3.67. The summed E-state index contributed by atoms with van der Waals surface area (Å²) in [6.07, 6.45) is 0. The van der Waals surface area contributed by atoms with Crippen LogP contribution in [-0.4, -0.2) is 15.1 Å². The molecule has 0 radical (unpaired) electrons. The van der Waals surface area contributed by atoms with Gasteiger partial charge in [-0.05, 0) is 61.4 Å². The molecule has 0 fully saturated rings. The number of rotatable bonds is 4. The number of phenols is 1. The topological polar surface area (TPSA) is 70.1 Å². The fourth-order valence-corrected chi connectivity index (χ4v) is 3.02. The third-order valence-corrected chi connectivity index (χ3v) is 4.54. The molecule has 0 aliphatic rings. The third-order valence-electron chi connectivity index (χ3n) is 4.54. The molecule has 4 rings (SSSR count). The molecule has 4 aromatic rings. The Morgan fingerprint density at radius 1 is 0.821 bits per heavy atom. The second-order valence-electron chi connectivity index (χ2n) is 6.59. The minimum absolute atomic E-state index is 0.0617. The highest BCUT2D eigenvalue weighted by atomic mass is 19.1. The highest BCUT2D eigenvalue weighted by Gasteiger charge is 2.13. The maximum Gasteiger partial charge on any atom is 0.229 e. The van der Waals surface area contributed by atoms with Crippen LogP contribution in [0.5, 0.6) is 5.75 Å². The number of nitrogens with zero attached hydrogens (tertiary/aromatic N) is 2. The lowest BCUT2D eigenvalue weighted by atomic mass is 10.1. The first-order chi connectivity index (χ1) is 13.5. The highest BCUT2D eigenvalue weighted by Crippen LogP contribution is 2.32. The number of hydrogen-bond acceptors (Lipinski definition) is 5. The first-order valence-electron chi connectivity index (χ1n) is 8.87. The van der Waals surface area contributed by atoms with Crippen molar-refractivity contribution in [3.63, 3.8) is 0 Å². The van der Waals surface area contributed by atoms with E-state index in [4.69, 9.17) is 0 Å². The highest BCUT2D eigenvalue weighted by molar-refractivity contribution is 5.95.